The first kappa shape index (κ1) is 21.3. The second kappa shape index (κ2) is 8.53. The smallest absolute Gasteiger partial charge is 0.131 e. The number of pyridine rings is 1. The Bertz CT molecular complexity index is 1510. The zero-order valence-corrected chi connectivity index (χ0v) is 19.8. The van der Waals surface area contributed by atoms with Crippen LogP contribution in [0, 0.1) is 0 Å². The number of H-pyrrole nitrogens is 1. The zero-order chi connectivity index (χ0) is 23.8. The second-order valence-electron chi connectivity index (χ2n) is 8.54. The lowest BCUT2D eigenvalue weighted by atomic mass is 9.66. The van der Waals surface area contributed by atoms with Crippen LogP contribution in [0.5, 0.6) is 0 Å². The van der Waals surface area contributed by atoms with Gasteiger partial charge in [0.15, 0.2) is 0 Å². The van der Waals surface area contributed by atoms with Crippen molar-refractivity contribution < 1.29 is 0 Å². The molecule has 6 rings (SSSR count). The number of nitrogens with zero attached hydrogens (tertiary/aromatic N) is 4. The quantitative estimate of drug-likeness (QED) is 0.232. The summed E-state index contributed by atoms with van der Waals surface area (Å²) in [4.78, 5) is 5.05. The zero-order valence-electron chi connectivity index (χ0n) is 19.1. The first-order chi connectivity index (χ1) is 17.2. The average Bonchev–Trinajstić information content (AvgIpc) is 3.52. The van der Waals surface area contributed by atoms with Gasteiger partial charge in [0.05, 0.1) is 28.2 Å². The van der Waals surface area contributed by atoms with Gasteiger partial charge in [0.2, 0.25) is 0 Å². The summed E-state index contributed by atoms with van der Waals surface area (Å²) >= 11 is 6.68. The molecule has 5 nitrogen and oxygen atoms in total. The van der Waals surface area contributed by atoms with Crippen LogP contribution in [-0.2, 0) is 12.5 Å². The van der Waals surface area contributed by atoms with E-state index in [1.165, 1.54) is 0 Å². The maximum Gasteiger partial charge on any atom is 0.131 e. The molecule has 0 fully saturated rings. The first-order valence-electron chi connectivity index (χ1n) is 11.4. The topological polar surface area (TPSA) is 59.4 Å². The third-order valence-electron chi connectivity index (χ3n) is 6.47. The summed E-state index contributed by atoms with van der Waals surface area (Å²) in [5, 5.41) is 13.6. The lowest BCUT2D eigenvalue weighted by molar-refractivity contribution is 0.723. The fourth-order valence-electron chi connectivity index (χ4n) is 5.01. The van der Waals surface area contributed by atoms with Crippen molar-refractivity contribution in [3.63, 3.8) is 0 Å². The standard InChI is InChI=1S/C29H22ClN5/c1-35-19-20(18-31-35)27-26-24(33-34-27)17-25(30)32-28(26)29(21-11-5-2-6-12-21,22-13-7-3-8-14-22)23-15-9-4-10-16-23/h2-19H,1H3,(H,33,34). The fourth-order valence-corrected chi connectivity index (χ4v) is 5.21. The van der Waals surface area contributed by atoms with Crippen LogP contribution in [0.25, 0.3) is 22.2 Å². The lowest BCUT2D eigenvalue weighted by Crippen LogP contribution is -2.32. The molecule has 1 N–H and O–H groups in total. The SMILES string of the molecule is Cn1cc(-c2n[nH]c3cc(Cl)nc(C(c4ccccc4)(c4ccccc4)c4ccccc4)c23)cn1. The molecule has 3 aromatic heterocycles. The third-order valence-corrected chi connectivity index (χ3v) is 6.66. The van der Waals surface area contributed by atoms with Gasteiger partial charge in [-0.2, -0.15) is 10.2 Å². The molecule has 0 unspecified atom stereocenters. The summed E-state index contributed by atoms with van der Waals surface area (Å²) in [6.45, 7) is 0. The van der Waals surface area contributed by atoms with E-state index in [-0.39, 0.29) is 0 Å². The number of rotatable bonds is 5. The normalized spacial score (nSPS) is 11.7. The Kier molecular flexibility index (Phi) is 5.20. The van der Waals surface area contributed by atoms with Gasteiger partial charge in [-0.3, -0.25) is 9.78 Å². The van der Waals surface area contributed by atoms with Gasteiger partial charge in [-0.05, 0) is 16.7 Å². The molecular weight excluding hydrogens is 454 g/mol. The van der Waals surface area contributed by atoms with Crippen LogP contribution in [-0.4, -0.2) is 25.0 Å². The van der Waals surface area contributed by atoms with Crippen LogP contribution in [0.15, 0.2) is 109 Å². The Labute approximate surface area is 208 Å². The van der Waals surface area contributed by atoms with Crippen LogP contribution in [0.1, 0.15) is 22.4 Å². The van der Waals surface area contributed by atoms with Crippen molar-refractivity contribution in [2.75, 3.05) is 0 Å². The Morgan fingerprint density at radius 2 is 1.34 bits per heavy atom. The van der Waals surface area contributed by atoms with E-state index < -0.39 is 5.41 Å². The maximum absolute atomic E-state index is 6.68. The van der Waals surface area contributed by atoms with Crippen molar-refractivity contribution in [3.05, 3.63) is 137 Å². The number of halogens is 1. The highest BCUT2D eigenvalue weighted by Gasteiger charge is 2.42. The predicted molar refractivity (Wildman–Crippen MR) is 139 cm³/mol. The number of aromatic nitrogens is 5. The number of hydrogen-bond acceptors (Lipinski definition) is 3. The summed E-state index contributed by atoms with van der Waals surface area (Å²) in [6, 6.07) is 33.2. The predicted octanol–water partition coefficient (Wildman–Crippen LogP) is 6.39. The third kappa shape index (κ3) is 3.44. The number of nitrogens with one attached hydrogen (secondary N) is 1. The molecule has 0 atom stereocenters. The van der Waals surface area contributed by atoms with E-state index in [1.54, 1.807) is 4.68 Å². The van der Waals surface area contributed by atoms with Gasteiger partial charge in [0.25, 0.3) is 0 Å². The molecular formula is C29H22ClN5. The molecule has 3 aromatic carbocycles. The number of aryl methyl sites for hydroxylation is 1. The van der Waals surface area contributed by atoms with Crippen LogP contribution < -0.4 is 0 Å². The molecule has 0 bridgehead atoms. The molecule has 6 aromatic rings. The van der Waals surface area contributed by atoms with Crippen molar-refractivity contribution in [1.29, 1.82) is 0 Å². The molecule has 0 saturated heterocycles. The lowest BCUT2D eigenvalue weighted by Gasteiger charge is -2.36. The van der Waals surface area contributed by atoms with Crippen molar-refractivity contribution >= 4 is 22.5 Å². The number of aromatic amines is 1. The maximum atomic E-state index is 6.68. The fraction of sp³-hybridized carbons (Fsp3) is 0.0690. The van der Waals surface area contributed by atoms with Gasteiger partial charge < -0.3 is 0 Å². The van der Waals surface area contributed by atoms with Gasteiger partial charge in [-0.15, -0.1) is 0 Å². The Morgan fingerprint density at radius 1 is 0.800 bits per heavy atom. The van der Waals surface area contributed by atoms with Gasteiger partial charge >= 0.3 is 0 Å². The van der Waals surface area contributed by atoms with E-state index in [9.17, 15) is 0 Å². The number of benzene rings is 3. The van der Waals surface area contributed by atoms with Crippen molar-refractivity contribution in [2.45, 2.75) is 5.41 Å². The molecule has 0 saturated carbocycles. The monoisotopic (exact) mass is 475 g/mol. The molecule has 170 valence electrons. The Balaban J connectivity index is 1.82. The highest BCUT2D eigenvalue weighted by Crippen LogP contribution is 2.48. The van der Waals surface area contributed by atoms with Gasteiger partial charge in [-0.25, -0.2) is 4.98 Å². The highest BCUT2D eigenvalue weighted by molar-refractivity contribution is 6.30. The van der Waals surface area contributed by atoms with Gasteiger partial charge in [0.1, 0.15) is 10.8 Å². The summed E-state index contributed by atoms with van der Waals surface area (Å²) in [7, 11) is 1.90. The minimum Gasteiger partial charge on any atom is -0.277 e. The molecule has 0 aliphatic rings. The van der Waals surface area contributed by atoms with E-state index in [0.717, 1.165) is 44.5 Å². The summed E-state index contributed by atoms with van der Waals surface area (Å²) in [5.74, 6) is 0. The van der Waals surface area contributed by atoms with Crippen molar-refractivity contribution in [3.8, 4) is 11.3 Å². The molecule has 0 amide bonds. The average molecular weight is 476 g/mol. The molecule has 3 heterocycles. The van der Waals surface area contributed by atoms with Gasteiger partial charge in [-0.1, -0.05) is 103 Å². The molecule has 0 spiro atoms. The van der Waals surface area contributed by atoms with Crippen LogP contribution in [0.3, 0.4) is 0 Å². The molecule has 0 aliphatic carbocycles. The first-order valence-corrected chi connectivity index (χ1v) is 11.8. The van der Waals surface area contributed by atoms with E-state index in [4.69, 9.17) is 21.7 Å². The number of hydrogen-bond donors (Lipinski definition) is 1. The molecule has 0 radical (unpaired) electrons. The Morgan fingerprint density at radius 3 is 1.83 bits per heavy atom. The van der Waals surface area contributed by atoms with Crippen LogP contribution >= 0.6 is 11.6 Å². The van der Waals surface area contributed by atoms with Crippen molar-refractivity contribution in [1.82, 2.24) is 25.0 Å². The van der Waals surface area contributed by atoms with E-state index >= 15 is 0 Å². The molecule has 6 heteroatoms. The van der Waals surface area contributed by atoms with Crippen LogP contribution in [0.4, 0.5) is 0 Å². The Hall–Kier alpha value is -4.22. The molecule has 0 aliphatic heterocycles. The summed E-state index contributed by atoms with van der Waals surface area (Å²) in [6.07, 6.45) is 3.78. The van der Waals surface area contributed by atoms with E-state index in [2.05, 4.69) is 83.0 Å². The van der Waals surface area contributed by atoms with Gasteiger partial charge in [0, 0.05) is 24.9 Å². The minimum atomic E-state index is -0.742. The minimum absolute atomic E-state index is 0.404. The van der Waals surface area contributed by atoms with E-state index in [1.807, 2.05) is 43.7 Å². The molecule has 35 heavy (non-hydrogen) atoms. The summed E-state index contributed by atoms with van der Waals surface area (Å²) in [5.41, 5.74) is 5.87. The highest BCUT2D eigenvalue weighted by atomic mass is 35.5. The summed E-state index contributed by atoms with van der Waals surface area (Å²) < 4.78 is 1.78. The largest absolute Gasteiger partial charge is 0.277 e. The number of fused-ring (bicyclic) bond motifs is 1. The van der Waals surface area contributed by atoms with Crippen molar-refractivity contribution in [2.24, 2.45) is 7.05 Å². The van der Waals surface area contributed by atoms with E-state index in [0.29, 0.717) is 5.15 Å². The van der Waals surface area contributed by atoms with Crippen LogP contribution in [0.2, 0.25) is 5.15 Å². The second-order valence-corrected chi connectivity index (χ2v) is 8.93.